The van der Waals surface area contributed by atoms with Crippen LogP contribution in [0.1, 0.15) is 64.2 Å². The van der Waals surface area contributed by atoms with Crippen LogP contribution in [0.5, 0.6) is 0 Å². The fraction of sp³-hybridized carbons (Fsp3) is 1.00. The second kappa shape index (κ2) is 9.68. The van der Waals surface area contributed by atoms with Crippen molar-refractivity contribution in [1.29, 1.82) is 0 Å². The van der Waals surface area contributed by atoms with E-state index in [1.807, 2.05) is 0 Å². The maximum absolute atomic E-state index is 9.79. The topological polar surface area (TPSA) is 101 Å². The highest BCUT2D eigenvalue weighted by atomic mass is 16.3. The molecule has 0 bridgehead atoms. The van der Waals surface area contributed by atoms with Gasteiger partial charge in [0.05, 0.1) is 30.5 Å². The number of hydrogen-bond donors (Lipinski definition) is 5. The summed E-state index contributed by atoms with van der Waals surface area (Å²) in [5.74, 6) is 0. The Bertz CT molecular complexity index is 170. The summed E-state index contributed by atoms with van der Waals surface area (Å²) in [5, 5.41) is 49.0. The minimum atomic E-state index is -0.501. The van der Waals surface area contributed by atoms with Crippen molar-refractivity contribution in [1.82, 2.24) is 0 Å². The average molecular weight is 290 g/mol. The fourth-order valence-corrected chi connectivity index (χ4v) is 2.65. The summed E-state index contributed by atoms with van der Waals surface area (Å²) < 4.78 is 0. The predicted octanol–water partition coefficient (Wildman–Crippen LogP) is 0.705. The molecule has 0 amide bonds. The molecule has 0 aromatic carbocycles. The number of rotatable bonds is 0. The van der Waals surface area contributed by atoms with Crippen molar-refractivity contribution in [2.75, 3.05) is 0 Å². The molecule has 5 heteroatoms. The Hall–Kier alpha value is -0.200. The molecule has 0 atom stereocenters. The predicted molar refractivity (Wildman–Crippen MR) is 76.2 cm³/mol. The minimum Gasteiger partial charge on any atom is -0.393 e. The van der Waals surface area contributed by atoms with Gasteiger partial charge in [-0.3, -0.25) is 0 Å². The summed E-state index contributed by atoms with van der Waals surface area (Å²) in [6.07, 6.45) is 2.70. The van der Waals surface area contributed by atoms with Gasteiger partial charge in [-0.15, -0.1) is 0 Å². The lowest BCUT2D eigenvalue weighted by Crippen LogP contribution is -2.17. The molecule has 120 valence electrons. The highest BCUT2D eigenvalue weighted by Crippen LogP contribution is 2.18. The third-order valence-electron chi connectivity index (χ3n) is 4.17. The SMILES string of the molecule is OC1CCC(O)CCC(O)CCC(O)CCC(O)CC1. The zero-order valence-electron chi connectivity index (χ0n) is 12.2. The number of aliphatic hydroxyl groups is 5. The van der Waals surface area contributed by atoms with E-state index in [1.165, 1.54) is 0 Å². The van der Waals surface area contributed by atoms with E-state index >= 15 is 0 Å². The van der Waals surface area contributed by atoms with E-state index < -0.39 is 30.5 Å². The summed E-state index contributed by atoms with van der Waals surface area (Å²) >= 11 is 0. The van der Waals surface area contributed by atoms with Crippen molar-refractivity contribution in [2.24, 2.45) is 0 Å². The monoisotopic (exact) mass is 290 g/mol. The average Bonchev–Trinajstić information content (AvgIpc) is 2.43. The summed E-state index contributed by atoms with van der Waals surface area (Å²) in [7, 11) is 0. The summed E-state index contributed by atoms with van der Waals surface area (Å²) in [6.45, 7) is 0. The zero-order valence-corrected chi connectivity index (χ0v) is 12.2. The van der Waals surface area contributed by atoms with Crippen LogP contribution in [-0.2, 0) is 0 Å². The van der Waals surface area contributed by atoms with Crippen LogP contribution in [0.4, 0.5) is 0 Å². The molecule has 0 saturated heterocycles. The van der Waals surface area contributed by atoms with E-state index in [-0.39, 0.29) is 0 Å². The Kier molecular flexibility index (Phi) is 8.64. The van der Waals surface area contributed by atoms with Gasteiger partial charge in [-0.2, -0.15) is 0 Å². The molecule has 0 aromatic rings. The van der Waals surface area contributed by atoms with E-state index in [0.717, 1.165) is 0 Å². The third-order valence-corrected chi connectivity index (χ3v) is 4.17. The molecule has 0 heterocycles. The highest BCUT2D eigenvalue weighted by molar-refractivity contribution is 4.70. The molecular formula is C15H30O5. The smallest absolute Gasteiger partial charge is 0.0542 e. The number of hydrogen-bond acceptors (Lipinski definition) is 5. The molecule has 1 aliphatic rings. The van der Waals surface area contributed by atoms with Crippen molar-refractivity contribution in [3.8, 4) is 0 Å². The molecule has 5 nitrogen and oxygen atoms in total. The molecule has 5 N–H and O–H groups in total. The minimum absolute atomic E-state index is 0.501. The van der Waals surface area contributed by atoms with Crippen LogP contribution in [0.2, 0.25) is 0 Å². The Morgan fingerprint density at radius 1 is 0.300 bits per heavy atom. The summed E-state index contributed by atoms with van der Waals surface area (Å²) in [4.78, 5) is 0. The Morgan fingerprint density at radius 2 is 0.400 bits per heavy atom. The molecule has 0 aromatic heterocycles. The second-order valence-corrected chi connectivity index (χ2v) is 6.16. The van der Waals surface area contributed by atoms with E-state index in [2.05, 4.69) is 0 Å². The molecule has 1 fully saturated rings. The quantitative estimate of drug-likeness (QED) is 0.452. The lowest BCUT2D eigenvalue weighted by molar-refractivity contribution is 0.0751. The van der Waals surface area contributed by atoms with Crippen LogP contribution in [0.25, 0.3) is 0 Å². The first-order valence-corrected chi connectivity index (χ1v) is 7.87. The lowest BCUT2D eigenvalue weighted by Gasteiger charge is -2.16. The van der Waals surface area contributed by atoms with Crippen molar-refractivity contribution in [2.45, 2.75) is 94.7 Å². The van der Waals surface area contributed by atoms with E-state index in [4.69, 9.17) is 0 Å². The molecule has 0 aliphatic heterocycles. The largest absolute Gasteiger partial charge is 0.393 e. The maximum Gasteiger partial charge on any atom is 0.0542 e. The molecule has 0 unspecified atom stereocenters. The molecule has 1 aliphatic carbocycles. The van der Waals surface area contributed by atoms with Gasteiger partial charge in [0.1, 0.15) is 0 Å². The van der Waals surface area contributed by atoms with Crippen molar-refractivity contribution in [3.05, 3.63) is 0 Å². The zero-order chi connectivity index (χ0) is 15.0. The molecule has 20 heavy (non-hydrogen) atoms. The van der Waals surface area contributed by atoms with Crippen LogP contribution < -0.4 is 0 Å². The van der Waals surface area contributed by atoms with Crippen molar-refractivity contribution < 1.29 is 25.5 Å². The van der Waals surface area contributed by atoms with Gasteiger partial charge in [-0.05, 0) is 64.2 Å². The van der Waals surface area contributed by atoms with Crippen LogP contribution >= 0.6 is 0 Å². The molecule has 0 radical (unpaired) electrons. The van der Waals surface area contributed by atoms with E-state index in [9.17, 15) is 25.5 Å². The van der Waals surface area contributed by atoms with Gasteiger partial charge in [0.2, 0.25) is 0 Å². The van der Waals surface area contributed by atoms with Gasteiger partial charge in [-0.1, -0.05) is 0 Å². The van der Waals surface area contributed by atoms with Gasteiger partial charge >= 0.3 is 0 Å². The van der Waals surface area contributed by atoms with Gasteiger partial charge in [0.25, 0.3) is 0 Å². The van der Waals surface area contributed by atoms with Gasteiger partial charge in [0.15, 0.2) is 0 Å². The molecule has 1 rings (SSSR count). The van der Waals surface area contributed by atoms with Gasteiger partial charge in [0, 0.05) is 0 Å². The standard InChI is InChI=1S/C15H30O5/c16-11-1-2-12(17)5-6-14(19)9-10-15(20)8-7-13(18)4-3-11/h11-20H,1-10H2. The van der Waals surface area contributed by atoms with Crippen LogP contribution in [-0.4, -0.2) is 56.1 Å². The van der Waals surface area contributed by atoms with Gasteiger partial charge < -0.3 is 25.5 Å². The third kappa shape index (κ3) is 8.17. The Morgan fingerprint density at radius 3 is 0.500 bits per heavy atom. The Balaban J connectivity index is 2.45. The molecular weight excluding hydrogens is 260 g/mol. The first-order valence-electron chi connectivity index (χ1n) is 7.87. The second-order valence-electron chi connectivity index (χ2n) is 6.16. The molecule has 1 saturated carbocycles. The summed E-state index contributed by atoms with van der Waals surface area (Å²) in [6, 6.07) is 0. The number of aliphatic hydroxyl groups excluding tert-OH is 5. The summed E-state index contributed by atoms with van der Waals surface area (Å²) in [5.41, 5.74) is 0. The Labute approximate surface area is 121 Å². The van der Waals surface area contributed by atoms with Crippen LogP contribution in [0, 0.1) is 0 Å². The molecule has 0 spiro atoms. The van der Waals surface area contributed by atoms with E-state index in [0.29, 0.717) is 64.2 Å². The van der Waals surface area contributed by atoms with Gasteiger partial charge in [-0.25, -0.2) is 0 Å². The lowest BCUT2D eigenvalue weighted by atomic mass is 10.00. The van der Waals surface area contributed by atoms with Crippen molar-refractivity contribution in [3.63, 3.8) is 0 Å². The van der Waals surface area contributed by atoms with E-state index in [1.54, 1.807) is 0 Å². The highest BCUT2D eigenvalue weighted by Gasteiger charge is 2.17. The normalized spacial score (nSPS) is 39.8. The first kappa shape index (κ1) is 17.9. The van der Waals surface area contributed by atoms with Crippen molar-refractivity contribution >= 4 is 0 Å². The maximum atomic E-state index is 9.79. The first-order chi connectivity index (χ1) is 9.47. The fourth-order valence-electron chi connectivity index (χ4n) is 2.65. The van der Waals surface area contributed by atoms with Crippen LogP contribution in [0.15, 0.2) is 0 Å². The van der Waals surface area contributed by atoms with Crippen LogP contribution in [0.3, 0.4) is 0 Å².